The number of fused-ring (bicyclic) bond motifs is 2. The average Bonchev–Trinajstić information content (AvgIpc) is 3.18. The zero-order valence-electron chi connectivity index (χ0n) is 16.7. The van der Waals surface area contributed by atoms with Gasteiger partial charge in [0.2, 0.25) is 10.0 Å². The van der Waals surface area contributed by atoms with E-state index in [2.05, 4.69) is 21.8 Å². The molecule has 4 heterocycles. The molecule has 0 unspecified atom stereocenters. The molecule has 0 bridgehead atoms. The molecular formula is C21H21N5O3S. The van der Waals surface area contributed by atoms with Crippen LogP contribution in [0.15, 0.2) is 48.9 Å². The van der Waals surface area contributed by atoms with Gasteiger partial charge < -0.3 is 9.64 Å². The number of benzene rings is 1. The third-order valence-electron chi connectivity index (χ3n) is 5.40. The molecule has 0 radical (unpaired) electrons. The van der Waals surface area contributed by atoms with Crippen LogP contribution in [-0.4, -0.2) is 59.4 Å². The van der Waals surface area contributed by atoms with Crippen LogP contribution in [0.5, 0.6) is 0 Å². The maximum atomic E-state index is 12.4. The van der Waals surface area contributed by atoms with Crippen molar-refractivity contribution >= 4 is 37.6 Å². The summed E-state index contributed by atoms with van der Waals surface area (Å²) >= 11 is 0. The minimum absolute atomic E-state index is 0.108. The monoisotopic (exact) mass is 423 g/mol. The van der Waals surface area contributed by atoms with E-state index in [0.717, 1.165) is 16.3 Å². The van der Waals surface area contributed by atoms with E-state index in [9.17, 15) is 8.42 Å². The number of pyridine rings is 1. The number of rotatable bonds is 3. The van der Waals surface area contributed by atoms with E-state index < -0.39 is 10.0 Å². The summed E-state index contributed by atoms with van der Waals surface area (Å²) in [4.78, 5) is 16.1. The van der Waals surface area contributed by atoms with Crippen LogP contribution < -0.4 is 4.90 Å². The Balaban J connectivity index is 1.82. The Bertz CT molecular complexity index is 1360. The molecule has 1 aliphatic rings. The van der Waals surface area contributed by atoms with Crippen LogP contribution in [0.4, 0.5) is 5.82 Å². The van der Waals surface area contributed by atoms with Gasteiger partial charge in [-0.1, -0.05) is 24.3 Å². The SMILES string of the molecule is C[C@@H]1COCCN1c1nc(-c2cncc3ccccc23)nc2c1ccn2S(C)(=O)=O. The molecular weight excluding hydrogens is 402 g/mol. The molecule has 1 aliphatic heterocycles. The molecule has 0 N–H and O–H groups in total. The number of hydrogen-bond acceptors (Lipinski definition) is 7. The Morgan fingerprint density at radius 1 is 1.10 bits per heavy atom. The Hall–Kier alpha value is -3.04. The second kappa shape index (κ2) is 7.03. The first-order valence-electron chi connectivity index (χ1n) is 9.70. The van der Waals surface area contributed by atoms with E-state index in [1.165, 1.54) is 16.4 Å². The van der Waals surface area contributed by atoms with Crippen molar-refractivity contribution in [3.8, 4) is 11.4 Å². The van der Waals surface area contributed by atoms with Crippen LogP contribution in [0, 0.1) is 0 Å². The van der Waals surface area contributed by atoms with E-state index in [0.29, 0.717) is 42.4 Å². The van der Waals surface area contributed by atoms with Gasteiger partial charge in [-0.25, -0.2) is 22.4 Å². The van der Waals surface area contributed by atoms with Crippen molar-refractivity contribution in [2.24, 2.45) is 0 Å². The van der Waals surface area contributed by atoms with Crippen molar-refractivity contribution in [2.75, 3.05) is 30.9 Å². The summed E-state index contributed by atoms with van der Waals surface area (Å²) in [5.74, 6) is 1.16. The summed E-state index contributed by atoms with van der Waals surface area (Å²) in [5.41, 5.74) is 1.13. The quantitative estimate of drug-likeness (QED) is 0.500. The van der Waals surface area contributed by atoms with Gasteiger partial charge >= 0.3 is 0 Å². The summed E-state index contributed by atoms with van der Waals surface area (Å²) in [6.45, 7) is 3.92. The van der Waals surface area contributed by atoms with Crippen LogP contribution in [0.1, 0.15) is 6.92 Å². The Morgan fingerprint density at radius 3 is 2.73 bits per heavy atom. The number of aromatic nitrogens is 4. The number of anilines is 1. The molecule has 8 nitrogen and oxygen atoms in total. The summed E-state index contributed by atoms with van der Waals surface area (Å²) in [5, 5.41) is 2.63. The third kappa shape index (κ3) is 3.10. The third-order valence-corrected chi connectivity index (χ3v) is 6.41. The second-order valence-corrected chi connectivity index (χ2v) is 9.37. The molecule has 1 aromatic carbocycles. The summed E-state index contributed by atoms with van der Waals surface area (Å²) in [6.07, 6.45) is 6.23. The highest BCUT2D eigenvalue weighted by molar-refractivity contribution is 7.89. The highest BCUT2D eigenvalue weighted by atomic mass is 32.2. The molecule has 1 atom stereocenters. The van der Waals surface area contributed by atoms with Crippen molar-refractivity contribution in [2.45, 2.75) is 13.0 Å². The van der Waals surface area contributed by atoms with Crippen LogP contribution in [-0.2, 0) is 14.8 Å². The molecule has 9 heteroatoms. The predicted molar refractivity (Wildman–Crippen MR) is 116 cm³/mol. The normalized spacial score (nSPS) is 17.7. The molecule has 4 aromatic rings. The standard InChI is InChI=1S/C21H21N5O3S/c1-14-13-29-10-9-25(14)20-17-7-8-26(30(2,27)28)21(17)24-19(23-20)18-12-22-11-15-5-3-4-6-16(15)18/h3-8,11-12,14H,9-10,13H2,1-2H3/t14-/m1/s1. The first kappa shape index (κ1) is 19.0. The van der Waals surface area contributed by atoms with Gasteiger partial charge in [0.15, 0.2) is 11.5 Å². The molecule has 1 saturated heterocycles. The summed E-state index contributed by atoms with van der Waals surface area (Å²) in [6, 6.07) is 9.75. The highest BCUT2D eigenvalue weighted by Gasteiger charge is 2.26. The lowest BCUT2D eigenvalue weighted by Crippen LogP contribution is -2.44. The molecule has 3 aromatic heterocycles. The highest BCUT2D eigenvalue weighted by Crippen LogP contribution is 2.33. The Kier molecular flexibility index (Phi) is 4.44. The lowest BCUT2D eigenvalue weighted by Gasteiger charge is -2.34. The van der Waals surface area contributed by atoms with Gasteiger partial charge in [0.1, 0.15) is 5.82 Å². The average molecular weight is 423 g/mol. The fourth-order valence-electron chi connectivity index (χ4n) is 3.92. The van der Waals surface area contributed by atoms with Gasteiger partial charge in [-0.15, -0.1) is 0 Å². The zero-order chi connectivity index (χ0) is 20.9. The van der Waals surface area contributed by atoms with Crippen molar-refractivity contribution in [3.05, 3.63) is 48.9 Å². The van der Waals surface area contributed by atoms with Gasteiger partial charge in [-0.3, -0.25) is 4.98 Å². The van der Waals surface area contributed by atoms with Gasteiger partial charge in [0.05, 0.1) is 30.9 Å². The molecule has 0 aliphatic carbocycles. The molecule has 154 valence electrons. The predicted octanol–water partition coefficient (Wildman–Crippen LogP) is 2.68. The molecule has 0 amide bonds. The number of hydrogen-bond donors (Lipinski definition) is 0. The smallest absolute Gasteiger partial charge is 0.237 e. The summed E-state index contributed by atoms with van der Waals surface area (Å²) < 4.78 is 31.5. The number of morpholine rings is 1. The lowest BCUT2D eigenvalue weighted by molar-refractivity contribution is 0.0987. The Labute approximate surface area is 174 Å². The van der Waals surface area contributed by atoms with E-state index in [1.54, 1.807) is 18.5 Å². The van der Waals surface area contributed by atoms with E-state index in [-0.39, 0.29) is 6.04 Å². The van der Waals surface area contributed by atoms with Gasteiger partial charge in [-0.2, -0.15) is 0 Å². The molecule has 1 fully saturated rings. The van der Waals surface area contributed by atoms with E-state index in [1.807, 2.05) is 24.3 Å². The second-order valence-electron chi connectivity index (χ2n) is 7.51. The maximum Gasteiger partial charge on any atom is 0.237 e. The zero-order valence-corrected chi connectivity index (χ0v) is 17.5. The summed E-state index contributed by atoms with van der Waals surface area (Å²) in [7, 11) is -3.52. The van der Waals surface area contributed by atoms with Crippen LogP contribution >= 0.6 is 0 Å². The van der Waals surface area contributed by atoms with Crippen molar-refractivity contribution in [3.63, 3.8) is 0 Å². The van der Waals surface area contributed by atoms with Crippen molar-refractivity contribution in [1.82, 2.24) is 18.9 Å². The fourth-order valence-corrected chi connectivity index (χ4v) is 4.65. The van der Waals surface area contributed by atoms with Crippen molar-refractivity contribution < 1.29 is 13.2 Å². The number of ether oxygens (including phenoxy) is 1. The molecule has 30 heavy (non-hydrogen) atoms. The minimum atomic E-state index is -3.52. The van der Waals surface area contributed by atoms with E-state index >= 15 is 0 Å². The molecule has 0 saturated carbocycles. The van der Waals surface area contributed by atoms with Crippen molar-refractivity contribution in [1.29, 1.82) is 0 Å². The Morgan fingerprint density at radius 2 is 1.93 bits per heavy atom. The molecule has 5 rings (SSSR count). The first-order chi connectivity index (χ1) is 14.4. The van der Waals surface area contributed by atoms with Crippen LogP contribution in [0.25, 0.3) is 33.2 Å². The topological polar surface area (TPSA) is 90.2 Å². The molecule has 0 spiro atoms. The first-order valence-corrected chi connectivity index (χ1v) is 11.6. The van der Waals surface area contributed by atoms with Crippen LogP contribution in [0.3, 0.4) is 0 Å². The maximum absolute atomic E-state index is 12.4. The minimum Gasteiger partial charge on any atom is -0.377 e. The largest absolute Gasteiger partial charge is 0.377 e. The number of nitrogens with zero attached hydrogens (tertiary/aromatic N) is 5. The lowest BCUT2D eigenvalue weighted by atomic mass is 10.1. The fraction of sp³-hybridized carbons (Fsp3) is 0.286. The van der Waals surface area contributed by atoms with Gasteiger partial charge in [0, 0.05) is 36.1 Å². The van der Waals surface area contributed by atoms with Crippen LogP contribution in [0.2, 0.25) is 0 Å². The van der Waals surface area contributed by atoms with E-state index in [4.69, 9.17) is 9.72 Å². The van der Waals surface area contributed by atoms with Gasteiger partial charge in [0.25, 0.3) is 0 Å². The van der Waals surface area contributed by atoms with Gasteiger partial charge in [-0.05, 0) is 18.4 Å².